The lowest BCUT2D eigenvalue weighted by molar-refractivity contribution is -0.387. The summed E-state index contributed by atoms with van der Waals surface area (Å²) in [6, 6.07) is 4.32. The predicted molar refractivity (Wildman–Crippen MR) is 65.5 cm³/mol. The van der Waals surface area contributed by atoms with Crippen molar-refractivity contribution in [3.63, 3.8) is 0 Å². The Morgan fingerprint density at radius 2 is 2.29 bits per heavy atom. The Hall–Kier alpha value is -1.27. The molecule has 0 spiro atoms. The van der Waals surface area contributed by atoms with E-state index in [0.717, 1.165) is 11.8 Å². The number of ether oxygens (including phenoxy) is 1. The highest BCUT2D eigenvalue weighted by Gasteiger charge is 2.16. The van der Waals surface area contributed by atoms with Crippen LogP contribution in [-0.4, -0.2) is 23.3 Å². The molecule has 17 heavy (non-hydrogen) atoms. The number of rotatable bonds is 5. The average molecular weight is 276 g/mol. The Morgan fingerprint density at radius 1 is 1.59 bits per heavy atom. The SMILES string of the molecule is CCOC(=O)CSc1ccc(Cl)cc1[N+](=O)[O-]. The van der Waals surface area contributed by atoms with E-state index in [0.29, 0.717) is 11.5 Å². The number of carbonyl (C=O) groups is 1. The molecule has 0 atom stereocenters. The summed E-state index contributed by atoms with van der Waals surface area (Å²) in [5.41, 5.74) is -0.105. The standard InChI is InChI=1S/C10H10ClNO4S/c1-2-16-10(13)6-17-9-4-3-7(11)5-8(9)12(14)15/h3-5H,2,6H2,1H3. The molecule has 0 heterocycles. The molecule has 0 aromatic heterocycles. The molecule has 0 aliphatic rings. The fraction of sp³-hybridized carbons (Fsp3) is 0.300. The molecule has 0 bridgehead atoms. The molecule has 1 rings (SSSR count). The highest BCUT2D eigenvalue weighted by Crippen LogP contribution is 2.31. The van der Waals surface area contributed by atoms with E-state index in [-0.39, 0.29) is 16.5 Å². The molecule has 5 nitrogen and oxygen atoms in total. The minimum Gasteiger partial charge on any atom is -0.465 e. The fourth-order valence-corrected chi connectivity index (χ4v) is 2.06. The lowest BCUT2D eigenvalue weighted by Crippen LogP contribution is -2.06. The molecular formula is C10H10ClNO4S. The molecule has 0 unspecified atom stereocenters. The smallest absolute Gasteiger partial charge is 0.316 e. The fourth-order valence-electron chi connectivity index (χ4n) is 1.09. The number of nitrogens with zero attached hydrogens (tertiary/aromatic N) is 1. The van der Waals surface area contributed by atoms with Gasteiger partial charge in [0.05, 0.1) is 22.2 Å². The second-order valence-electron chi connectivity index (χ2n) is 2.96. The van der Waals surface area contributed by atoms with Crippen LogP contribution >= 0.6 is 23.4 Å². The van der Waals surface area contributed by atoms with Crippen LogP contribution in [0.25, 0.3) is 0 Å². The van der Waals surface area contributed by atoms with Crippen molar-refractivity contribution in [3.05, 3.63) is 33.3 Å². The molecule has 0 fully saturated rings. The second-order valence-corrected chi connectivity index (χ2v) is 4.42. The molecule has 1 aromatic rings. The van der Waals surface area contributed by atoms with Gasteiger partial charge < -0.3 is 4.74 Å². The predicted octanol–water partition coefficient (Wildman–Crippen LogP) is 2.90. The zero-order valence-electron chi connectivity index (χ0n) is 9.01. The van der Waals surface area contributed by atoms with Crippen molar-refractivity contribution >= 4 is 35.0 Å². The number of thioether (sulfide) groups is 1. The van der Waals surface area contributed by atoms with Gasteiger partial charge in [0.2, 0.25) is 0 Å². The minimum absolute atomic E-state index is 0.0380. The van der Waals surface area contributed by atoms with Crippen molar-refractivity contribution in [1.29, 1.82) is 0 Å². The van der Waals surface area contributed by atoms with Crippen LogP contribution in [-0.2, 0) is 9.53 Å². The molecular weight excluding hydrogens is 266 g/mol. The van der Waals surface area contributed by atoms with Gasteiger partial charge in [-0.2, -0.15) is 0 Å². The van der Waals surface area contributed by atoms with Crippen LogP contribution < -0.4 is 0 Å². The van der Waals surface area contributed by atoms with E-state index in [4.69, 9.17) is 16.3 Å². The summed E-state index contributed by atoms with van der Waals surface area (Å²) in [6.07, 6.45) is 0. The van der Waals surface area contributed by atoms with Gasteiger partial charge in [-0.15, -0.1) is 11.8 Å². The van der Waals surface area contributed by atoms with E-state index >= 15 is 0 Å². The van der Waals surface area contributed by atoms with Gasteiger partial charge in [0.15, 0.2) is 0 Å². The van der Waals surface area contributed by atoms with E-state index in [9.17, 15) is 14.9 Å². The molecule has 1 aromatic carbocycles. The van der Waals surface area contributed by atoms with Gasteiger partial charge in [-0.3, -0.25) is 14.9 Å². The first-order valence-corrected chi connectivity index (χ1v) is 6.13. The van der Waals surface area contributed by atoms with Crippen LogP contribution in [0.3, 0.4) is 0 Å². The van der Waals surface area contributed by atoms with Gasteiger partial charge in [0.1, 0.15) is 0 Å². The van der Waals surface area contributed by atoms with Gasteiger partial charge in [-0.25, -0.2) is 0 Å². The number of benzene rings is 1. The van der Waals surface area contributed by atoms with Crippen LogP contribution in [0.4, 0.5) is 5.69 Å². The molecule has 7 heteroatoms. The largest absolute Gasteiger partial charge is 0.465 e. The maximum absolute atomic E-state index is 11.1. The number of halogens is 1. The van der Waals surface area contributed by atoms with Crippen molar-refractivity contribution in [2.75, 3.05) is 12.4 Å². The quantitative estimate of drug-likeness (QED) is 0.358. The molecule has 0 saturated heterocycles. The molecule has 0 aliphatic heterocycles. The average Bonchev–Trinajstić information content (AvgIpc) is 2.27. The lowest BCUT2D eigenvalue weighted by atomic mass is 10.3. The molecule has 0 aliphatic carbocycles. The van der Waals surface area contributed by atoms with E-state index in [1.807, 2.05) is 0 Å². The molecule has 0 saturated carbocycles. The summed E-state index contributed by atoms with van der Waals surface area (Å²) < 4.78 is 4.73. The van der Waals surface area contributed by atoms with E-state index in [1.165, 1.54) is 12.1 Å². The Labute approximate surface area is 107 Å². The Bertz CT molecular complexity index is 438. The third-order valence-electron chi connectivity index (χ3n) is 1.77. The maximum Gasteiger partial charge on any atom is 0.316 e. The van der Waals surface area contributed by atoms with E-state index in [1.54, 1.807) is 13.0 Å². The number of nitro groups is 1. The Morgan fingerprint density at radius 3 is 2.88 bits per heavy atom. The topological polar surface area (TPSA) is 69.4 Å². The molecule has 0 N–H and O–H groups in total. The van der Waals surface area contributed by atoms with Crippen LogP contribution in [0.15, 0.2) is 23.1 Å². The third kappa shape index (κ3) is 4.24. The van der Waals surface area contributed by atoms with Crippen LogP contribution in [0.5, 0.6) is 0 Å². The van der Waals surface area contributed by atoms with E-state index in [2.05, 4.69) is 0 Å². The first-order chi connectivity index (χ1) is 8.04. The monoisotopic (exact) mass is 275 g/mol. The number of nitro benzene ring substituents is 1. The van der Waals surface area contributed by atoms with Gasteiger partial charge >= 0.3 is 5.97 Å². The molecule has 0 amide bonds. The minimum atomic E-state index is -0.528. The lowest BCUT2D eigenvalue weighted by Gasteiger charge is -2.03. The zero-order valence-corrected chi connectivity index (χ0v) is 10.6. The number of hydrogen-bond donors (Lipinski definition) is 0. The third-order valence-corrected chi connectivity index (χ3v) is 3.04. The summed E-state index contributed by atoms with van der Waals surface area (Å²) in [7, 11) is 0. The zero-order chi connectivity index (χ0) is 12.8. The summed E-state index contributed by atoms with van der Waals surface area (Å²) in [6.45, 7) is 2.00. The molecule has 0 radical (unpaired) electrons. The summed E-state index contributed by atoms with van der Waals surface area (Å²) in [5.74, 6) is -0.363. The van der Waals surface area contributed by atoms with Crippen molar-refractivity contribution in [1.82, 2.24) is 0 Å². The van der Waals surface area contributed by atoms with Crippen LogP contribution in [0.2, 0.25) is 5.02 Å². The summed E-state index contributed by atoms with van der Waals surface area (Å²) >= 11 is 6.73. The Balaban J connectivity index is 2.77. The normalized spacial score (nSPS) is 10.0. The highest BCUT2D eigenvalue weighted by atomic mass is 35.5. The number of carbonyl (C=O) groups excluding carboxylic acids is 1. The van der Waals surface area contributed by atoms with Gasteiger partial charge in [0, 0.05) is 11.1 Å². The molecule has 92 valence electrons. The summed E-state index contributed by atoms with van der Waals surface area (Å²) in [4.78, 5) is 21.8. The first-order valence-electron chi connectivity index (χ1n) is 4.77. The van der Waals surface area contributed by atoms with Gasteiger partial charge in [0.25, 0.3) is 5.69 Å². The van der Waals surface area contributed by atoms with Crippen molar-refractivity contribution in [2.24, 2.45) is 0 Å². The van der Waals surface area contributed by atoms with Crippen LogP contribution in [0, 0.1) is 10.1 Å². The number of esters is 1. The first kappa shape index (κ1) is 13.8. The highest BCUT2D eigenvalue weighted by molar-refractivity contribution is 8.00. The second kappa shape index (κ2) is 6.46. The van der Waals surface area contributed by atoms with Crippen LogP contribution in [0.1, 0.15) is 6.92 Å². The van der Waals surface area contributed by atoms with E-state index < -0.39 is 10.9 Å². The van der Waals surface area contributed by atoms with Crippen molar-refractivity contribution < 1.29 is 14.5 Å². The summed E-state index contributed by atoms with van der Waals surface area (Å²) in [5, 5.41) is 11.1. The van der Waals surface area contributed by atoms with Gasteiger partial charge in [-0.1, -0.05) is 11.6 Å². The van der Waals surface area contributed by atoms with Gasteiger partial charge in [-0.05, 0) is 19.1 Å². The Kier molecular flexibility index (Phi) is 5.24. The number of hydrogen-bond acceptors (Lipinski definition) is 5. The van der Waals surface area contributed by atoms with Crippen molar-refractivity contribution in [2.45, 2.75) is 11.8 Å². The van der Waals surface area contributed by atoms with Crippen molar-refractivity contribution in [3.8, 4) is 0 Å². The maximum atomic E-state index is 11.1.